The average molecular weight is 243 g/mol. The highest BCUT2D eigenvalue weighted by Gasteiger charge is 2.33. The molecule has 0 aliphatic carbocycles. The molecule has 0 atom stereocenters. The SMILES string of the molecule is CC1(Oc2cncc(Br)c2)CNC1. The van der Waals surface area contributed by atoms with Gasteiger partial charge in [0.25, 0.3) is 0 Å². The maximum Gasteiger partial charge on any atom is 0.139 e. The molecular weight excluding hydrogens is 232 g/mol. The highest BCUT2D eigenvalue weighted by atomic mass is 79.9. The number of ether oxygens (including phenoxy) is 1. The van der Waals surface area contributed by atoms with Gasteiger partial charge in [0.15, 0.2) is 0 Å². The van der Waals surface area contributed by atoms with Gasteiger partial charge in [-0.1, -0.05) is 0 Å². The van der Waals surface area contributed by atoms with Crippen LogP contribution in [0.1, 0.15) is 6.92 Å². The van der Waals surface area contributed by atoms with Gasteiger partial charge in [0.2, 0.25) is 0 Å². The summed E-state index contributed by atoms with van der Waals surface area (Å²) in [5.41, 5.74) is -0.0531. The Morgan fingerprint density at radius 2 is 2.31 bits per heavy atom. The normalized spacial score (nSPS) is 19.2. The number of hydrogen-bond acceptors (Lipinski definition) is 3. The van der Waals surface area contributed by atoms with Crippen LogP contribution in [0.4, 0.5) is 0 Å². The first-order valence-corrected chi connectivity index (χ1v) is 4.98. The van der Waals surface area contributed by atoms with Crippen molar-refractivity contribution in [2.24, 2.45) is 0 Å². The van der Waals surface area contributed by atoms with Crippen molar-refractivity contribution >= 4 is 15.9 Å². The fourth-order valence-corrected chi connectivity index (χ4v) is 1.63. The van der Waals surface area contributed by atoms with Crippen molar-refractivity contribution < 1.29 is 4.74 Å². The Balaban J connectivity index is 2.09. The minimum Gasteiger partial charge on any atom is -0.483 e. The van der Waals surface area contributed by atoms with E-state index in [-0.39, 0.29) is 5.60 Å². The number of nitrogens with one attached hydrogen (secondary N) is 1. The molecule has 70 valence electrons. The van der Waals surface area contributed by atoms with Crippen LogP contribution in [0.25, 0.3) is 0 Å². The van der Waals surface area contributed by atoms with Gasteiger partial charge >= 0.3 is 0 Å². The van der Waals surface area contributed by atoms with Crippen molar-refractivity contribution in [3.05, 3.63) is 22.9 Å². The lowest BCUT2D eigenvalue weighted by Crippen LogP contribution is -2.61. The summed E-state index contributed by atoms with van der Waals surface area (Å²) in [6, 6.07) is 1.93. The fourth-order valence-electron chi connectivity index (χ4n) is 1.28. The van der Waals surface area contributed by atoms with Crippen LogP contribution in [-0.2, 0) is 0 Å². The van der Waals surface area contributed by atoms with Crippen molar-refractivity contribution in [3.8, 4) is 5.75 Å². The van der Waals surface area contributed by atoms with Crippen LogP contribution in [0.15, 0.2) is 22.9 Å². The van der Waals surface area contributed by atoms with Gasteiger partial charge in [0, 0.05) is 23.8 Å². The van der Waals surface area contributed by atoms with E-state index in [9.17, 15) is 0 Å². The number of halogens is 1. The summed E-state index contributed by atoms with van der Waals surface area (Å²) in [5, 5.41) is 3.18. The molecule has 0 bridgehead atoms. The molecule has 0 amide bonds. The second kappa shape index (κ2) is 3.27. The van der Waals surface area contributed by atoms with Crippen molar-refractivity contribution in [2.45, 2.75) is 12.5 Å². The molecule has 1 fully saturated rings. The van der Waals surface area contributed by atoms with Crippen LogP contribution in [0.2, 0.25) is 0 Å². The Labute approximate surface area is 85.6 Å². The molecule has 1 saturated heterocycles. The molecule has 3 nitrogen and oxygen atoms in total. The topological polar surface area (TPSA) is 34.1 Å². The van der Waals surface area contributed by atoms with Gasteiger partial charge in [-0.2, -0.15) is 0 Å². The molecule has 4 heteroatoms. The van der Waals surface area contributed by atoms with Gasteiger partial charge in [-0.25, -0.2) is 0 Å². The molecule has 1 N–H and O–H groups in total. The van der Waals surface area contributed by atoms with Gasteiger partial charge in [0.05, 0.1) is 6.20 Å². The molecule has 2 heterocycles. The van der Waals surface area contributed by atoms with Crippen LogP contribution >= 0.6 is 15.9 Å². The van der Waals surface area contributed by atoms with Gasteiger partial charge in [0.1, 0.15) is 11.4 Å². The fraction of sp³-hybridized carbons (Fsp3) is 0.444. The first-order valence-electron chi connectivity index (χ1n) is 4.18. The molecule has 13 heavy (non-hydrogen) atoms. The third-order valence-corrected chi connectivity index (χ3v) is 2.48. The summed E-state index contributed by atoms with van der Waals surface area (Å²) in [4.78, 5) is 4.03. The molecule has 1 aromatic rings. The van der Waals surface area contributed by atoms with Gasteiger partial charge < -0.3 is 10.1 Å². The lowest BCUT2D eigenvalue weighted by molar-refractivity contribution is 0.0345. The second-order valence-electron chi connectivity index (χ2n) is 3.49. The third-order valence-electron chi connectivity index (χ3n) is 2.04. The largest absolute Gasteiger partial charge is 0.483 e. The number of aromatic nitrogens is 1. The first-order chi connectivity index (χ1) is 6.18. The average Bonchev–Trinajstić information content (AvgIpc) is 2.01. The van der Waals surface area contributed by atoms with E-state index < -0.39 is 0 Å². The maximum absolute atomic E-state index is 5.76. The lowest BCUT2D eigenvalue weighted by Gasteiger charge is -2.39. The summed E-state index contributed by atoms with van der Waals surface area (Å²) in [6.45, 7) is 3.89. The van der Waals surface area contributed by atoms with Crippen LogP contribution in [0.3, 0.4) is 0 Å². The predicted octanol–water partition coefficient (Wildman–Crippen LogP) is 1.58. The van der Waals surface area contributed by atoms with E-state index in [0.717, 1.165) is 23.3 Å². The van der Waals surface area contributed by atoms with Gasteiger partial charge in [-0.3, -0.25) is 4.98 Å². The Morgan fingerprint density at radius 3 is 2.85 bits per heavy atom. The predicted molar refractivity (Wildman–Crippen MR) is 53.8 cm³/mol. The van der Waals surface area contributed by atoms with Crippen molar-refractivity contribution in [3.63, 3.8) is 0 Å². The monoisotopic (exact) mass is 242 g/mol. The van der Waals surface area contributed by atoms with Gasteiger partial charge in [-0.05, 0) is 28.9 Å². The van der Waals surface area contributed by atoms with E-state index in [1.165, 1.54) is 0 Å². The number of pyridine rings is 1. The molecule has 0 unspecified atom stereocenters. The zero-order chi connectivity index (χ0) is 9.31. The van der Waals surface area contributed by atoms with Crippen LogP contribution in [0, 0.1) is 0 Å². The highest BCUT2D eigenvalue weighted by molar-refractivity contribution is 9.10. The van der Waals surface area contributed by atoms with Crippen LogP contribution in [0.5, 0.6) is 5.75 Å². The summed E-state index contributed by atoms with van der Waals surface area (Å²) in [7, 11) is 0. The second-order valence-corrected chi connectivity index (χ2v) is 4.41. The molecule has 1 aliphatic heterocycles. The maximum atomic E-state index is 5.76. The summed E-state index contributed by atoms with van der Waals surface area (Å²) < 4.78 is 6.71. The number of hydrogen-bond donors (Lipinski definition) is 1. The quantitative estimate of drug-likeness (QED) is 0.856. The zero-order valence-corrected chi connectivity index (χ0v) is 8.97. The van der Waals surface area contributed by atoms with E-state index in [4.69, 9.17) is 4.74 Å². The number of nitrogens with zero attached hydrogens (tertiary/aromatic N) is 1. The zero-order valence-electron chi connectivity index (χ0n) is 7.38. The van der Waals surface area contributed by atoms with E-state index in [1.54, 1.807) is 12.4 Å². The molecule has 1 aliphatic rings. The molecule has 0 spiro atoms. The lowest BCUT2D eigenvalue weighted by atomic mass is 10.0. The molecule has 2 rings (SSSR count). The van der Waals surface area contributed by atoms with E-state index in [0.29, 0.717) is 0 Å². The van der Waals surface area contributed by atoms with Gasteiger partial charge in [-0.15, -0.1) is 0 Å². The van der Waals surface area contributed by atoms with E-state index in [2.05, 4.69) is 33.2 Å². The first kappa shape index (κ1) is 8.97. The van der Waals surface area contributed by atoms with Crippen LogP contribution in [-0.4, -0.2) is 23.7 Å². The Morgan fingerprint density at radius 1 is 1.54 bits per heavy atom. The minimum absolute atomic E-state index is 0.0531. The molecule has 1 aromatic heterocycles. The van der Waals surface area contributed by atoms with Crippen molar-refractivity contribution in [1.82, 2.24) is 10.3 Å². The number of rotatable bonds is 2. The Kier molecular flexibility index (Phi) is 2.26. The highest BCUT2D eigenvalue weighted by Crippen LogP contribution is 2.23. The smallest absolute Gasteiger partial charge is 0.139 e. The molecule has 0 radical (unpaired) electrons. The summed E-state index contributed by atoms with van der Waals surface area (Å²) in [5.74, 6) is 0.818. The van der Waals surface area contributed by atoms with Crippen molar-refractivity contribution in [2.75, 3.05) is 13.1 Å². The third kappa shape index (κ3) is 2.00. The minimum atomic E-state index is -0.0531. The molecule has 0 aromatic carbocycles. The Hall–Kier alpha value is -0.610. The standard InChI is InChI=1S/C9H11BrN2O/c1-9(5-12-6-9)13-8-2-7(10)3-11-4-8/h2-4,12H,5-6H2,1H3. The summed E-state index contributed by atoms with van der Waals surface area (Å²) >= 11 is 3.35. The van der Waals surface area contributed by atoms with Crippen molar-refractivity contribution in [1.29, 1.82) is 0 Å². The van der Waals surface area contributed by atoms with E-state index in [1.807, 2.05) is 6.07 Å². The van der Waals surface area contributed by atoms with Crippen LogP contribution < -0.4 is 10.1 Å². The molecule has 0 saturated carbocycles. The Bertz CT molecular complexity index is 312. The van der Waals surface area contributed by atoms with E-state index >= 15 is 0 Å². The molecular formula is C9H11BrN2O. The summed E-state index contributed by atoms with van der Waals surface area (Å²) in [6.07, 6.45) is 3.47.